The first kappa shape index (κ1) is 11.7. The number of nitrogens with two attached hydrogens (primary N) is 1. The van der Waals surface area contributed by atoms with Gasteiger partial charge in [-0.25, -0.2) is 15.0 Å². The standard InChI is InChI=1S/C12H13N7/c1-7(14)12-17-11(8-2-3-8)18-19(12)10-4-9(5-13)15-6-16-10/h4,6-8H,2-3,14H2,1H3. The summed E-state index contributed by atoms with van der Waals surface area (Å²) in [5, 5.41) is 13.3. The summed E-state index contributed by atoms with van der Waals surface area (Å²) >= 11 is 0. The van der Waals surface area contributed by atoms with Crippen LogP contribution in [-0.4, -0.2) is 24.7 Å². The number of rotatable bonds is 3. The Morgan fingerprint density at radius 3 is 2.89 bits per heavy atom. The lowest BCUT2D eigenvalue weighted by Crippen LogP contribution is -2.14. The van der Waals surface area contributed by atoms with E-state index in [2.05, 4.69) is 20.1 Å². The molecular formula is C12H13N7. The fourth-order valence-corrected chi connectivity index (χ4v) is 1.84. The zero-order chi connectivity index (χ0) is 13.4. The van der Waals surface area contributed by atoms with Gasteiger partial charge in [-0.05, 0) is 19.8 Å². The predicted octanol–water partition coefficient (Wildman–Crippen LogP) is 0.826. The highest BCUT2D eigenvalue weighted by Gasteiger charge is 2.30. The van der Waals surface area contributed by atoms with Crippen molar-refractivity contribution in [2.75, 3.05) is 0 Å². The van der Waals surface area contributed by atoms with Gasteiger partial charge in [0.25, 0.3) is 0 Å². The first-order valence-corrected chi connectivity index (χ1v) is 6.14. The molecular weight excluding hydrogens is 242 g/mol. The molecule has 0 aromatic carbocycles. The van der Waals surface area contributed by atoms with Crippen molar-refractivity contribution >= 4 is 0 Å². The quantitative estimate of drug-likeness (QED) is 0.870. The van der Waals surface area contributed by atoms with Crippen LogP contribution in [0.4, 0.5) is 0 Å². The zero-order valence-electron chi connectivity index (χ0n) is 10.5. The van der Waals surface area contributed by atoms with Crippen LogP contribution in [0.3, 0.4) is 0 Å². The number of nitrogens with zero attached hydrogens (tertiary/aromatic N) is 6. The third-order valence-corrected chi connectivity index (χ3v) is 2.98. The van der Waals surface area contributed by atoms with Crippen molar-refractivity contribution in [1.82, 2.24) is 24.7 Å². The van der Waals surface area contributed by atoms with E-state index in [0.717, 1.165) is 18.7 Å². The van der Waals surface area contributed by atoms with Crippen LogP contribution in [0, 0.1) is 11.3 Å². The SMILES string of the molecule is CC(N)c1nc(C2CC2)nn1-c1cc(C#N)ncn1. The van der Waals surface area contributed by atoms with Gasteiger partial charge in [-0.15, -0.1) is 5.10 Å². The molecule has 7 nitrogen and oxygen atoms in total. The molecule has 0 spiro atoms. The van der Waals surface area contributed by atoms with Gasteiger partial charge in [0.1, 0.15) is 18.1 Å². The van der Waals surface area contributed by atoms with Gasteiger partial charge in [-0.3, -0.25) is 0 Å². The van der Waals surface area contributed by atoms with Crippen LogP contribution >= 0.6 is 0 Å². The maximum absolute atomic E-state index is 8.88. The lowest BCUT2D eigenvalue weighted by molar-refractivity contribution is 0.678. The van der Waals surface area contributed by atoms with E-state index in [1.54, 1.807) is 10.7 Å². The third kappa shape index (κ3) is 2.18. The number of hydrogen-bond donors (Lipinski definition) is 1. The van der Waals surface area contributed by atoms with Crippen LogP contribution in [0.15, 0.2) is 12.4 Å². The van der Waals surface area contributed by atoms with Gasteiger partial charge >= 0.3 is 0 Å². The molecule has 2 N–H and O–H groups in total. The fourth-order valence-electron chi connectivity index (χ4n) is 1.84. The van der Waals surface area contributed by atoms with Crippen LogP contribution in [-0.2, 0) is 0 Å². The van der Waals surface area contributed by atoms with Gasteiger partial charge in [0.05, 0.1) is 6.04 Å². The summed E-state index contributed by atoms with van der Waals surface area (Å²) in [6.45, 7) is 1.85. The maximum atomic E-state index is 8.88. The van der Waals surface area contributed by atoms with Crippen LogP contribution < -0.4 is 5.73 Å². The molecule has 1 aliphatic rings. The lowest BCUT2D eigenvalue weighted by atomic mass is 10.3. The second kappa shape index (κ2) is 4.40. The number of aromatic nitrogens is 5. The molecule has 1 atom stereocenters. The van der Waals surface area contributed by atoms with Gasteiger partial charge in [-0.1, -0.05) is 0 Å². The molecule has 1 aliphatic carbocycles. The molecule has 2 aromatic rings. The molecule has 1 fully saturated rings. The minimum absolute atomic E-state index is 0.250. The van der Waals surface area contributed by atoms with E-state index < -0.39 is 0 Å². The molecule has 1 saturated carbocycles. The first-order chi connectivity index (χ1) is 9.19. The molecule has 2 aromatic heterocycles. The molecule has 96 valence electrons. The van der Waals surface area contributed by atoms with Gasteiger partial charge < -0.3 is 5.73 Å². The molecule has 19 heavy (non-hydrogen) atoms. The maximum Gasteiger partial charge on any atom is 0.160 e. The molecule has 0 saturated heterocycles. The summed E-state index contributed by atoms with van der Waals surface area (Å²) in [4.78, 5) is 12.5. The molecule has 0 bridgehead atoms. The molecule has 2 heterocycles. The largest absolute Gasteiger partial charge is 0.322 e. The summed E-state index contributed by atoms with van der Waals surface area (Å²) in [5.41, 5.74) is 6.22. The van der Waals surface area contributed by atoms with Gasteiger partial charge in [0.2, 0.25) is 0 Å². The van der Waals surface area contributed by atoms with Gasteiger partial charge in [-0.2, -0.15) is 9.94 Å². The van der Waals surface area contributed by atoms with E-state index in [1.807, 2.05) is 13.0 Å². The smallest absolute Gasteiger partial charge is 0.160 e. The third-order valence-electron chi connectivity index (χ3n) is 2.98. The summed E-state index contributed by atoms with van der Waals surface area (Å²) in [5.74, 6) is 2.43. The Bertz CT molecular complexity index is 648. The Kier molecular flexibility index (Phi) is 2.72. The van der Waals surface area contributed by atoms with Crippen LogP contribution in [0.5, 0.6) is 0 Å². The second-order valence-electron chi connectivity index (χ2n) is 4.68. The van der Waals surface area contributed by atoms with Crippen molar-refractivity contribution < 1.29 is 0 Å². The zero-order valence-corrected chi connectivity index (χ0v) is 10.5. The van der Waals surface area contributed by atoms with Crippen LogP contribution in [0.1, 0.15) is 49.1 Å². The molecule has 0 amide bonds. The van der Waals surface area contributed by atoms with Crippen molar-refractivity contribution in [2.45, 2.75) is 31.7 Å². The minimum atomic E-state index is -0.250. The van der Waals surface area contributed by atoms with Crippen LogP contribution in [0.25, 0.3) is 5.82 Å². The van der Waals surface area contributed by atoms with Crippen LogP contribution in [0.2, 0.25) is 0 Å². The first-order valence-electron chi connectivity index (χ1n) is 6.14. The Morgan fingerprint density at radius 2 is 2.26 bits per heavy atom. The molecule has 1 unspecified atom stereocenters. The Balaban J connectivity index is 2.09. The van der Waals surface area contributed by atoms with Crippen molar-refractivity contribution in [2.24, 2.45) is 5.73 Å². The average molecular weight is 255 g/mol. The topological polar surface area (TPSA) is 106 Å². The molecule has 3 rings (SSSR count). The van der Waals surface area contributed by atoms with E-state index in [4.69, 9.17) is 11.0 Å². The highest BCUT2D eigenvalue weighted by Crippen LogP contribution is 2.38. The van der Waals surface area contributed by atoms with E-state index in [-0.39, 0.29) is 6.04 Å². The van der Waals surface area contributed by atoms with E-state index in [1.165, 1.54) is 6.33 Å². The Morgan fingerprint density at radius 1 is 1.47 bits per heavy atom. The van der Waals surface area contributed by atoms with Crippen molar-refractivity contribution in [3.8, 4) is 11.9 Å². The highest BCUT2D eigenvalue weighted by molar-refractivity contribution is 5.31. The fraction of sp³-hybridized carbons (Fsp3) is 0.417. The monoisotopic (exact) mass is 255 g/mol. The average Bonchev–Trinajstić information content (AvgIpc) is 3.17. The predicted molar refractivity (Wildman–Crippen MR) is 66.2 cm³/mol. The van der Waals surface area contributed by atoms with Gasteiger partial charge in [0.15, 0.2) is 17.5 Å². The summed E-state index contributed by atoms with van der Waals surface area (Å²) < 4.78 is 1.61. The van der Waals surface area contributed by atoms with Crippen molar-refractivity contribution in [3.05, 3.63) is 29.7 Å². The van der Waals surface area contributed by atoms with E-state index in [9.17, 15) is 0 Å². The van der Waals surface area contributed by atoms with Crippen molar-refractivity contribution in [1.29, 1.82) is 5.26 Å². The molecule has 0 aliphatic heterocycles. The summed E-state index contributed by atoms with van der Waals surface area (Å²) in [6, 6.07) is 3.31. The molecule has 0 radical (unpaired) electrons. The minimum Gasteiger partial charge on any atom is -0.322 e. The second-order valence-corrected chi connectivity index (χ2v) is 4.68. The highest BCUT2D eigenvalue weighted by atomic mass is 15.4. The van der Waals surface area contributed by atoms with E-state index in [0.29, 0.717) is 23.3 Å². The van der Waals surface area contributed by atoms with Crippen molar-refractivity contribution in [3.63, 3.8) is 0 Å². The van der Waals surface area contributed by atoms with Gasteiger partial charge in [0, 0.05) is 12.0 Å². The summed E-state index contributed by atoms with van der Waals surface area (Å²) in [7, 11) is 0. The summed E-state index contributed by atoms with van der Waals surface area (Å²) in [6.07, 6.45) is 3.59. The lowest BCUT2D eigenvalue weighted by Gasteiger charge is -2.06. The normalized spacial score (nSPS) is 16.1. The number of nitriles is 1. The Hall–Kier alpha value is -2.33. The molecule has 7 heteroatoms. The van der Waals surface area contributed by atoms with E-state index >= 15 is 0 Å². The number of hydrogen-bond acceptors (Lipinski definition) is 6. The Labute approximate surface area is 110 Å².